The predicted molar refractivity (Wildman–Crippen MR) is 103 cm³/mol. The van der Waals surface area contributed by atoms with Crippen LogP contribution in [-0.4, -0.2) is 35.7 Å². The first-order valence-electron chi connectivity index (χ1n) is 9.07. The lowest BCUT2D eigenvalue weighted by Crippen LogP contribution is -2.38. The zero-order valence-electron chi connectivity index (χ0n) is 15.3. The third-order valence-electron chi connectivity index (χ3n) is 4.83. The molecule has 0 aliphatic heterocycles. The van der Waals surface area contributed by atoms with E-state index in [-0.39, 0.29) is 31.8 Å². The summed E-state index contributed by atoms with van der Waals surface area (Å²) in [6.07, 6.45) is -0.886. The van der Waals surface area contributed by atoms with Crippen molar-refractivity contribution in [3.05, 3.63) is 59.7 Å². The maximum Gasteiger partial charge on any atom is 0.407 e. The van der Waals surface area contributed by atoms with Gasteiger partial charge in [0.25, 0.3) is 0 Å². The molecule has 0 saturated carbocycles. The van der Waals surface area contributed by atoms with Gasteiger partial charge in [-0.05, 0) is 28.7 Å². The van der Waals surface area contributed by atoms with Crippen LogP contribution in [0, 0.1) is 0 Å². The summed E-state index contributed by atoms with van der Waals surface area (Å²) in [4.78, 5) is 34.1. The van der Waals surface area contributed by atoms with Gasteiger partial charge in [0, 0.05) is 18.4 Å². The Balaban J connectivity index is 1.65. The normalized spacial score (nSPS) is 13.3. The molecule has 0 spiro atoms. The molecule has 0 fully saturated rings. The van der Waals surface area contributed by atoms with Gasteiger partial charge < -0.3 is 20.9 Å². The van der Waals surface area contributed by atoms with E-state index in [4.69, 9.17) is 15.6 Å². The highest BCUT2D eigenvalue weighted by Gasteiger charge is 2.29. The van der Waals surface area contributed by atoms with Crippen LogP contribution in [-0.2, 0) is 14.3 Å². The number of hydrogen-bond acceptors (Lipinski definition) is 4. The summed E-state index contributed by atoms with van der Waals surface area (Å²) in [5.74, 6) is -1.71. The molecule has 4 N–H and O–H groups in total. The molecule has 0 radical (unpaired) electrons. The predicted octanol–water partition coefficient (Wildman–Crippen LogP) is 2.63. The van der Waals surface area contributed by atoms with Gasteiger partial charge in [-0.2, -0.15) is 0 Å². The summed E-state index contributed by atoms with van der Waals surface area (Å²) in [5, 5.41) is 11.5. The third kappa shape index (κ3) is 4.49. The minimum Gasteiger partial charge on any atom is -0.481 e. The molecule has 0 bridgehead atoms. The SMILES string of the molecule is NC(=O)CCC(CC(=O)O)NC(=O)OCC1c2ccccc2-c2ccccc21. The van der Waals surface area contributed by atoms with Crippen molar-refractivity contribution in [2.45, 2.75) is 31.2 Å². The summed E-state index contributed by atoms with van der Waals surface area (Å²) >= 11 is 0. The van der Waals surface area contributed by atoms with E-state index >= 15 is 0 Å². The number of rotatable bonds is 8. The fourth-order valence-corrected chi connectivity index (χ4v) is 3.56. The number of alkyl carbamates (subject to hydrolysis) is 1. The second-order valence-electron chi connectivity index (χ2n) is 6.77. The summed E-state index contributed by atoms with van der Waals surface area (Å²) in [7, 11) is 0. The molecule has 28 heavy (non-hydrogen) atoms. The number of ether oxygens (including phenoxy) is 1. The Bertz CT molecular complexity index is 850. The second-order valence-corrected chi connectivity index (χ2v) is 6.77. The number of carboxylic acids is 1. The number of aliphatic carboxylic acids is 1. The first kappa shape index (κ1) is 19.4. The average molecular weight is 382 g/mol. The zero-order valence-corrected chi connectivity index (χ0v) is 15.3. The maximum atomic E-state index is 12.2. The van der Waals surface area contributed by atoms with Crippen LogP contribution in [0.3, 0.4) is 0 Å². The highest BCUT2D eigenvalue weighted by atomic mass is 16.5. The minimum absolute atomic E-state index is 0.0123. The lowest BCUT2D eigenvalue weighted by Gasteiger charge is -2.18. The number of fused-ring (bicyclic) bond motifs is 3. The van der Waals surface area contributed by atoms with Crippen molar-refractivity contribution in [1.29, 1.82) is 0 Å². The summed E-state index contributed by atoms with van der Waals surface area (Å²) < 4.78 is 5.40. The number of amides is 2. The zero-order chi connectivity index (χ0) is 20.1. The Morgan fingerprint density at radius 1 is 1.04 bits per heavy atom. The number of nitrogens with one attached hydrogen (secondary N) is 1. The van der Waals surface area contributed by atoms with Crippen molar-refractivity contribution in [3.8, 4) is 11.1 Å². The van der Waals surface area contributed by atoms with Crippen molar-refractivity contribution in [2.75, 3.05) is 6.61 Å². The van der Waals surface area contributed by atoms with E-state index < -0.39 is 24.0 Å². The number of nitrogens with two attached hydrogens (primary N) is 1. The smallest absolute Gasteiger partial charge is 0.407 e. The lowest BCUT2D eigenvalue weighted by atomic mass is 9.98. The molecule has 0 heterocycles. The molecular weight excluding hydrogens is 360 g/mol. The van der Waals surface area contributed by atoms with E-state index in [1.807, 2.05) is 48.5 Å². The number of benzene rings is 2. The largest absolute Gasteiger partial charge is 0.481 e. The maximum absolute atomic E-state index is 12.2. The fraction of sp³-hybridized carbons (Fsp3) is 0.286. The van der Waals surface area contributed by atoms with E-state index in [2.05, 4.69) is 5.32 Å². The van der Waals surface area contributed by atoms with Gasteiger partial charge in [0.1, 0.15) is 6.61 Å². The van der Waals surface area contributed by atoms with Gasteiger partial charge in [-0.3, -0.25) is 9.59 Å². The van der Waals surface area contributed by atoms with E-state index in [1.165, 1.54) is 0 Å². The quantitative estimate of drug-likeness (QED) is 0.648. The van der Waals surface area contributed by atoms with Gasteiger partial charge >= 0.3 is 12.1 Å². The molecule has 1 aliphatic carbocycles. The Morgan fingerprint density at radius 3 is 2.14 bits per heavy atom. The topological polar surface area (TPSA) is 119 Å². The molecule has 7 nitrogen and oxygen atoms in total. The molecule has 0 aromatic heterocycles. The van der Waals surface area contributed by atoms with Crippen LogP contribution in [0.4, 0.5) is 4.79 Å². The molecule has 1 aliphatic rings. The molecule has 0 saturated heterocycles. The van der Waals surface area contributed by atoms with Crippen molar-refractivity contribution < 1.29 is 24.2 Å². The van der Waals surface area contributed by atoms with Gasteiger partial charge in [0.15, 0.2) is 0 Å². The molecule has 2 aromatic rings. The summed E-state index contributed by atoms with van der Waals surface area (Å²) in [5.41, 5.74) is 9.53. The van der Waals surface area contributed by atoms with Crippen molar-refractivity contribution in [3.63, 3.8) is 0 Å². The Hall–Kier alpha value is -3.35. The van der Waals surface area contributed by atoms with E-state index in [0.717, 1.165) is 22.3 Å². The number of carboxylic acid groups (broad SMARTS) is 1. The highest BCUT2D eigenvalue weighted by molar-refractivity contribution is 5.79. The summed E-state index contributed by atoms with van der Waals surface area (Å²) in [6, 6.07) is 15.2. The van der Waals surface area contributed by atoms with Gasteiger partial charge in [-0.25, -0.2) is 4.79 Å². The third-order valence-corrected chi connectivity index (χ3v) is 4.83. The average Bonchev–Trinajstić information content (AvgIpc) is 2.98. The standard InChI is InChI=1S/C21H22N2O5/c22-19(24)10-9-13(11-20(25)26)23-21(27)28-12-18-16-7-3-1-5-14(16)15-6-2-4-8-17(15)18/h1-8,13,18H,9-12H2,(H2,22,24)(H,23,27)(H,25,26). The van der Waals surface area contributed by atoms with E-state index in [0.29, 0.717) is 0 Å². The first-order chi connectivity index (χ1) is 13.5. The van der Waals surface area contributed by atoms with Gasteiger partial charge in [0.05, 0.1) is 6.42 Å². The van der Waals surface area contributed by atoms with E-state index in [1.54, 1.807) is 0 Å². The molecular formula is C21H22N2O5. The number of carbonyl (C=O) groups is 3. The van der Waals surface area contributed by atoms with Gasteiger partial charge in [-0.15, -0.1) is 0 Å². The highest BCUT2D eigenvalue weighted by Crippen LogP contribution is 2.44. The molecule has 7 heteroatoms. The van der Waals surface area contributed by atoms with Crippen LogP contribution >= 0.6 is 0 Å². The van der Waals surface area contributed by atoms with Crippen molar-refractivity contribution in [2.24, 2.45) is 5.73 Å². The van der Waals surface area contributed by atoms with Gasteiger partial charge in [-0.1, -0.05) is 48.5 Å². The number of primary amides is 1. The van der Waals surface area contributed by atoms with Gasteiger partial charge in [0.2, 0.25) is 5.91 Å². The molecule has 2 amide bonds. The first-order valence-corrected chi connectivity index (χ1v) is 9.07. The Morgan fingerprint density at radius 2 is 1.61 bits per heavy atom. The molecule has 3 rings (SSSR count). The second kappa shape index (κ2) is 8.56. The van der Waals surface area contributed by atoms with Crippen LogP contribution in [0.25, 0.3) is 11.1 Å². The Kier molecular flexibility index (Phi) is 5.93. The van der Waals surface area contributed by atoms with E-state index in [9.17, 15) is 14.4 Å². The molecule has 2 aromatic carbocycles. The monoisotopic (exact) mass is 382 g/mol. The van der Waals surface area contributed by atoms with Crippen molar-refractivity contribution in [1.82, 2.24) is 5.32 Å². The van der Waals surface area contributed by atoms with Crippen LogP contribution in [0.1, 0.15) is 36.3 Å². The van der Waals surface area contributed by atoms with Crippen LogP contribution in [0.5, 0.6) is 0 Å². The van der Waals surface area contributed by atoms with Crippen LogP contribution < -0.4 is 11.1 Å². The number of carbonyl (C=O) groups excluding carboxylic acids is 2. The van der Waals surface area contributed by atoms with Crippen molar-refractivity contribution >= 4 is 18.0 Å². The number of hydrogen-bond donors (Lipinski definition) is 3. The summed E-state index contributed by atoms with van der Waals surface area (Å²) in [6.45, 7) is 0.134. The minimum atomic E-state index is -1.08. The van der Waals surface area contributed by atoms with Crippen LogP contribution in [0.15, 0.2) is 48.5 Å². The molecule has 1 unspecified atom stereocenters. The fourth-order valence-electron chi connectivity index (χ4n) is 3.56. The lowest BCUT2D eigenvalue weighted by molar-refractivity contribution is -0.137. The molecule has 146 valence electrons. The van der Waals surface area contributed by atoms with Crippen LogP contribution in [0.2, 0.25) is 0 Å². The Labute approximate surface area is 162 Å². The molecule has 1 atom stereocenters.